The predicted molar refractivity (Wildman–Crippen MR) is 158 cm³/mol. The van der Waals surface area contributed by atoms with Crippen LogP contribution in [0.4, 0.5) is 11.5 Å². The molecule has 0 spiro atoms. The molecule has 0 amide bonds. The van der Waals surface area contributed by atoms with Gasteiger partial charge in [-0.25, -0.2) is 4.98 Å². The molecule has 4 rings (SSSR count). The van der Waals surface area contributed by atoms with Gasteiger partial charge >= 0.3 is 0 Å². The summed E-state index contributed by atoms with van der Waals surface area (Å²) in [5.41, 5.74) is 8.19. The Balaban J connectivity index is 1.68. The number of benzene rings is 2. The molecule has 5 heteroatoms. The fourth-order valence-corrected chi connectivity index (χ4v) is 4.55. The summed E-state index contributed by atoms with van der Waals surface area (Å²) in [5, 5.41) is 3.43. The molecule has 3 aromatic rings. The first-order chi connectivity index (χ1) is 18.1. The number of aromatic nitrogens is 1. The van der Waals surface area contributed by atoms with E-state index in [1.807, 2.05) is 12.3 Å². The van der Waals surface area contributed by atoms with Crippen molar-refractivity contribution in [1.29, 1.82) is 0 Å². The lowest BCUT2D eigenvalue weighted by Gasteiger charge is -2.28. The zero-order valence-corrected chi connectivity index (χ0v) is 22.6. The summed E-state index contributed by atoms with van der Waals surface area (Å²) >= 11 is 0. The number of anilines is 2. The quantitative estimate of drug-likeness (QED) is 0.288. The van der Waals surface area contributed by atoms with E-state index >= 15 is 0 Å². The van der Waals surface area contributed by atoms with Crippen LogP contribution in [0.3, 0.4) is 0 Å². The van der Waals surface area contributed by atoms with Gasteiger partial charge in [-0.1, -0.05) is 60.2 Å². The first-order valence-corrected chi connectivity index (χ1v) is 13.2. The second-order valence-corrected chi connectivity index (χ2v) is 9.61. The van der Waals surface area contributed by atoms with Gasteiger partial charge < -0.3 is 10.2 Å². The molecule has 1 fully saturated rings. The molecule has 0 atom stereocenters. The Morgan fingerprint density at radius 2 is 1.73 bits per heavy atom. The number of aryl methyl sites for hydroxylation is 2. The number of rotatable bonds is 9. The third kappa shape index (κ3) is 7.25. The van der Waals surface area contributed by atoms with E-state index in [4.69, 9.17) is 4.98 Å². The summed E-state index contributed by atoms with van der Waals surface area (Å²) in [6.45, 7) is 12.4. The zero-order chi connectivity index (χ0) is 26.0. The Hall–Kier alpha value is -3.54. The van der Waals surface area contributed by atoms with Crippen LogP contribution >= 0.6 is 0 Å². The lowest BCUT2D eigenvalue weighted by atomic mass is 10.1. The van der Waals surface area contributed by atoms with Gasteiger partial charge in [0, 0.05) is 63.8 Å². The minimum atomic E-state index is 0.715. The van der Waals surface area contributed by atoms with E-state index in [0.717, 1.165) is 61.0 Å². The van der Waals surface area contributed by atoms with Gasteiger partial charge in [-0.05, 0) is 61.7 Å². The van der Waals surface area contributed by atoms with E-state index in [1.54, 1.807) is 7.05 Å². The van der Waals surface area contributed by atoms with Crippen LogP contribution in [0, 0.1) is 13.8 Å². The Labute approximate surface area is 222 Å². The van der Waals surface area contributed by atoms with Crippen LogP contribution in [0.25, 0.3) is 11.3 Å². The molecule has 0 radical (unpaired) electrons. The minimum Gasteiger partial charge on any atom is -0.322 e. The SMILES string of the molecule is C/C=C(/C=C\C=N/C)CN(c1ccc(CN2CCNCC2)cc1)c1nc(-c2ccc(C)cc2)ccc1C. The van der Waals surface area contributed by atoms with Gasteiger partial charge in [0.05, 0.1) is 5.69 Å². The monoisotopic (exact) mass is 493 g/mol. The van der Waals surface area contributed by atoms with Gasteiger partial charge in [0.1, 0.15) is 5.82 Å². The first-order valence-electron chi connectivity index (χ1n) is 13.2. The maximum absolute atomic E-state index is 5.18. The van der Waals surface area contributed by atoms with Crippen LogP contribution in [-0.4, -0.2) is 55.9 Å². The standard InChI is InChI=1S/C32H39N5/c1-5-27(7-6-18-33-4)24-37(30-15-11-28(12-16-30)23-36-21-19-34-20-22-36)32-26(3)10-17-31(35-32)29-13-8-25(2)9-14-29/h5-18,34H,19-24H2,1-4H3/b7-6-,27-5-,33-18-. The van der Waals surface area contributed by atoms with Gasteiger partial charge in [-0.15, -0.1) is 0 Å². The number of aliphatic imine (C=N–C) groups is 1. The molecule has 1 aliphatic rings. The van der Waals surface area contributed by atoms with Crippen molar-refractivity contribution in [2.75, 3.05) is 44.7 Å². The molecule has 0 saturated carbocycles. The highest BCUT2D eigenvalue weighted by atomic mass is 15.2. The Bertz CT molecular complexity index is 1230. The van der Waals surface area contributed by atoms with E-state index in [0.29, 0.717) is 6.54 Å². The Morgan fingerprint density at radius 3 is 2.41 bits per heavy atom. The van der Waals surface area contributed by atoms with Gasteiger partial charge in [0.15, 0.2) is 0 Å². The lowest BCUT2D eigenvalue weighted by molar-refractivity contribution is 0.233. The summed E-state index contributed by atoms with van der Waals surface area (Å²) in [6.07, 6.45) is 8.09. The molecule has 1 N–H and O–H groups in total. The third-order valence-corrected chi connectivity index (χ3v) is 6.79. The van der Waals surface area contributed by atoms with Crippen LogP contribution in [0.5, 0.6) is 0 Å². The maximum Gasteiger partial charge on any atom is 0.136 e. The van der Waals surface area contributed by atoms with Crippen molar-refractivity contribution in [3.8, 4) is 11.3 Å². The first kappa shape index (κ1) is 26.5. The van der Waals surface area contributed by atoms with Crippen molar-refractivity contribution >= 4 is 17.7 Å². The highest BCUT2D eigenvalue weighted by molar-refractivity contribution is 5.73. The second-order valence-electron chi connectivity index (χ2n) is 9.61. The molecule has 1 saturated heterocycles. The molecular formula is C32H39N5. The van der Waals surface area contributed by atoms with E-state index < -0.39 is 0 Å². The molecule has 0 aliphatic carbocycles. The fraction of sp³-hybridized carbons (Fsp3) is 0.312. The summed E-state index contributed by atoms with van der Waals surface area (Å²) in [5.74, 6) is 0.977. The fourth-order valence-electron chi connectivity index (χ4n) is 4.55. The molecule has 192 valence electrons. The van der Waals surface area contributed by atoms with Crippen molar-refractivity contribution in [3.63, 3.8) is 0 Å². The lowest BCUT2D eigenvalue weighted by Crippen LogP contribution is -2.42. The van der Waals surface area contributed by atoms with Crippen molar-refractivity contribution in [1.82, 2.24) is 15.2 Å². The van der Waals surface area contributed by atoms with E-state index in [1.165, 1.54) is 16.7 Å². The predicted octanol–water partition coefficient (Wildman–Crippen LogP) is 6.11. The molecule has 2 heterocycles. The number of hydrogen-bond donors (Lipinski definition) is 1. The van der Waals surface area contributed by atoms with Crippen LogP contribution in [-0.2, 0) is 6.54 Å². The topological polar surface area (TPSA) is 43.8 Å². The average molecular weight is 494 g/mol. The minimum absolute atomic E-state index is 0.715. The van der Waals surface area contributed by atoms with E-state index in [9.17, 15) is 0 Å². The molecule has 5 nitrogen and oxygen atoms in total. The van der Waals surface area contributed by atoms with Gasteiger partial charge in [-0.2, -0.15) is 0 Å². The number of pyridine rings is 1. The summed E-state index contributed by atoms with van der Waals surface area (Å²) in [7, 11) is 1.79. The number of nitrogens with one attached hydrogen (secondary N) is 1. The van der Waals surface area contributed by atoms with Crippen molar-refractivity contribution < 1.29 is 0 Å². The summed E-state index contributed by atoms with van der Waals surface area (Å²) in [6, 6.07) is 21.9. The normalized spacial score (nSPS) is 15.1. The molecule has 1 aliphatic heterocycles. The average Bonchev–Trinajstić information content (AvgIpc) is 2.93. The van der Waals surface area contributed by atoms with Crippen molar-refractivity contribution in [2.24, 2.45) is 4.99 Å². The number of nitrogens with zero attached hydrogens (tertiary/aromatic N) is 4. The second kappa shape index (κ2) is 13.1. The van der Waals surface area contributed by atoms with E-state index in [2.05, 4.69) is 114 Å². The van der Waals surface area contributed by atoms with Crippen molar-refractivity contribution in [3.05, 3.63) is 101 Å². The zero-order valence-electron chi connectivity index (χ0n) is 22.6. The van der Waals surface area contributed by atoms with Crippen LogP contribution < -0.4 is 10.2 Å². The Morgan fingerprint density at radius 1 is 1.00 bits per heavy atom. The number of allylic oxidation sites excluding steroid dienone is 2. The van der Waals surface area contributed by atoms with Gasteiger partial charge in [-0.3, -0.25) is 9.89 Å². The number of hydrogen-bond acceptors (Lipinski definition) is 5. The van der Waals surface area contributed by atoms with Crippen LogP contribution in [0.15, 0.2) is 89.5 Å². The summed E-state index contributed by atoms with van der Waals surface area (Å²) in [4.78, 5) is 14.1. The Kier molecular flexibility index (Phi) is 9.41. The van der Waals surface area contributed by atoms with E-state index in [-0.39, 0.29) is 0 Å². The van der Waals surface area contributed by atoms with Gasteiger partial charge in [0.2, 0.25) is 0 Å². The molecule has 2 aromatic carbocycles. The third-order valence-electron chi connectivity index (χ3n) is 6.79. The van der Waals surface area contributed by atoms with Crippen molar-refractivity contribution in [2.45, 2.75) is 27.3 Å². The smallest absolute Gasteiger partial charge is 0.136 e. The molecular weight excluding hydrogens is 454 g/mol. The summed E-state index contributed by atoms with van der Waals surface area (Å²) < 4.78 is 0. The molecule has 1 aromatic heterocycles. The largest absolute Gasteiger partial charge is 0.322 e. The molecule has 0 unspecified atom stereocenters. The van der Waals surface area contributed by atoms with Gasteiger partial charge in [0.25, 0.3) is 0 Å². The van der Waals surface area contributed by atoms with Crippen LogP contribution in [0.1, 0.15) is 23.6 Å². The number of piperazine rings is 1. The molecule has 37 heavy (non-hydrogen) atoms. The molecule has 0 bridgehead atoms. The maximum atomic E-state index is 5.18. The highest BCUT2D eigenvalue weighted by Gasteiger charge is 2.17. The highest BCUT2D eigenvalue weighted by Crippen LogP contribution is 2.31. The van der Waals surface area contributed by atoms with Crippen LogP contribution in [0.2, 0.25) is 0 Å².